The fraction of sp³-hybridized carbons (Fsp3) is 0.745. The molecule has 0 aromatic heterocycles. The highest BCUT2D eigenvalue weighted by molar-refractivity contribution is 6.39. The molecule has 0 radical (unpaired) electrons. The summed E-state index contributed by atoms with van der Waals surface area (Å²) in [5.74, 6) is -5.85. The minimum atomic E-state index is -2.38. The number of rotatable bonds is 5. The van der Waals surface area contributed by atoms with Crippen LogP contribution in [0.4, 0.5) is 0 Å². The molecule has 1 unspecified atom stereocenters. The summed E-state index contributed by atoms with van der Waals surface area (Å²) >= 11 is 0. The molecular formula is C47H73NO11. The number of aliphatic hydroxyl groups is 3. The van der Waals surface area contributed by atoms with Gasteiger partial charge < -0.3 is 39.2 Å². The molecule has 1 saturated carbocycles. The van der Waals surface area contributed by atoms with E-state index in [1.54, 1.807) is 28.1 Å². The molecule has 3 fully saturated rings. The number of fused-ring (bicyclic) bond motifs is 3. The minimum Gasteiger partial charge on any atom is -0.460 e. The van der Waals surface area contributed by atoms with Gasteiger partial charge in [0, 0.05) is 51.9 Å². The second kappa shape index (κ2) is 22.7. The summed E-state index contributed by atoms with van der Waals surface area (Å²) in [5, 5.41) is 33.5. The molecule has 12 nitrogen and oxygen atoms in total. The van der Waals surface area contributed by atoms with Crippen LogP contribution in [0.25, 0.3) is 0 Å². The van der Waals surface area contributed by atoms with Gasteiger partial charge in [-0.15, -0.1) is 0 Å². The Morgan fingerprint density at radius 2 is 1.64 bits per heavy atom. The molecule has 0 aromatic carbocycles. The van der Waals surface area contributed by atoms with Gasteiger partial charge in [0.2, 0.25) is 5.79 Å². The number of carbonyl (C=O) groups excluding carboxylic acids is 4. The molecule has 332 valence electrons. The maximum absolute atomic E-state index is 14.2. The molecule has 3 aliphatic heterocycles. The number of hydrogen-bond acceptors (Lipinski definition) is 11. The third-order valence-electron chi connectivity index (χ3n) is 13.4. The molecule has 4 rings (SSSR count). The van der Waals surface area contributed by atoms with Gasteiger partial charge in [0.25, 0.3) is 11.7 Å². The number of piperidine rings is 1. The van der Waals surface area contributed by atoms with E-state index in [-0.39, 0.29) is 61.0 Å². The Balaban J connectivity index is 1.65. The Bertz CT molecular complexity index is 1550. The van der Waals surface area contributed by atoms with Crippen molar-refractivity contribution >= 4 is 23.4 Å². The molecule has 1 amide bonds. The predicted molar refractivity (Wildman–Crippen MR) is 225 cm³/mol. The summed E-state index contributed by atoms with van der Waals surface area (Å²) < 4.78 is 23.8. The number of methoxy groups -OCH3 is 2. The SMILES string of the molecule is CO[C@@H]1C[C@@H]2CC[C@@H](C)[C@@](O)(O2)C(=O)C(=O)N2CCCC[C@H]2C(=O)OC([C@H](C)C[C@@H]2CC[C@@H](O)[C@H](OC)C2)C/C=C(\C)[C@@H](O)CC(=O)[C@H](C)C[C@H](C)/C=C/C=C/C=C/1C. The normalized spacial score (nSPS) is 40.3. The van der Waals surface area contributed by atoms with Crippen molar-refractivity contribution in [3.63, 3.8) is 0 Å². The summed E-state index contributed by atoms with van der Waals surface area (Å²) in [6.45, 7) is 11.5. The van der Waals surface area contributed by atoms with Crippen molar-refractivity contribution in [2.45, 2.75) is 173 Å². The van der Waals surface area contributed by atoms with Gasteiger partial charge in [-0.1, -0.05) is 64.2 Å². The average molecular weight is 828 g/mol. The number of ether oxygens (including phenoxy) is 4. The highest BCUT2D eigenvalue weighted by atomic mass is 16.6. The Morgan fingerprint density at radius 1 is 0.898 bits per heavy atom. The molecule has 0 spiro atoms. The second-order valence-electron chi connectivity index (χ2n) is 18.1. The fourth-order valence-electron chi connectivity index (χ4n) is 9.27. The van der Waals surface area contributed by atoms with Crippen LogP contribution in [0.5, 0.6) is 0 Å². The van der Waals surface area contributed by atoms with Gasteiger partial charge in [-0.2, -0.15) is 0 Å². The van der Waals surface area contributed by atoms with E-state index in [9.17, 15) is 34.5 Å². The summed E-state index contributed by atoms with van der Waals surface area (Å²) in [4.78, 5) is 57.0. The van der Waals surface area contributed by atoms with Crippen LogP contribution in [0.2, 0.25) is 0 Å². The molecule has 12 heteroatoms. The van der Waals surface area contributed by atoms with E-state index < -0.39 is 59.8 Å². The smallest absolute Gasteiger partial charge is 0.329 e. The summed E-state index contributed by atoms with van der Waals surface area (Å²) in [7, 11) is 3.19. The van der Waals surface area contributed by atoms with E-state index in [0.29, 0.717) is 69.8 Å². The Morgan fingerprint density at radius 3 is 2.36 bits per heavy atom. The zero-order valence-corrected chi connectivity index (χ0v) is 36.8. The number of carbonyl (C=O) groups is 4. The van der Waals surface area contributed by atoms with E-state index in [1.165, 1.54) is 4.90 Å². The van der Waals surface area contributed by atoms with Gasteiger partial charge in [-0.25, -0.2) is 4.79 Å². The van der Waals surface area contributed by atoms with E-state index in [1.807, 2.05) is 57.2 Å². The lowest BCUT2D eigenvalue weighted by Gasteiger charge is -2.42. The van der Waals surface area contributed by atoms with Crippen molar-refractivity contribution in [2.75, 3.05) is 20.8 Å². The van der Waals surface area contributed by atoms with Crippen molar-refractivity contribution < 1.29 is 53.4 Å². The number of ketones is 2. The molecule has 3 N–H and O–H groups in total. The summed E-state index contributed by atoms with van der Waals surface area (Å²) in [5.41, 5.74) is 1.51. The van der Waals surface area contributed by atoms with Crippen molar-refractivity contribution in [2.24, 2.45) is 29.6 Å². The largest absolute Gasteiger partial charge is 0.460 e. The van der Waals surface area contributed by atoms with Crippen LogP contribution in [0.15, 0.2) is 47.6 Å². The first kappa shape index (κ1) is 48.7. The number of esters is 1. The zero-order chi connectivity index (χ0) is 43.4. The van der Waals surface area contributed by atoms with Crippen LogP contribution in [-0.4, -0.2) is 113 Å². The van der Waals surface area contributed by atoms with Crippen LogP contribution in [0.1, 0.15) is 125 Å². The number of aliphatic hydroxyl groups excluding tert-OH is 2. The topological polar surface area (TPSA) is 169 Å². The lowest BCUT2D eigenvalue weighted by molar-refractivity contribution is -0.265. The van der Waals surface area contributed by atoms with Crippen molar-refractivity contribution in [3.05, 3.63) is 47.6 Å². The fourth-order valence-corrected chi connectivity index (χ4v) is 9.27. The lowest BCUT2D eigenvalue weighted by Crippen LogP contribution is -2.61. The van der Waals surface area contributed by atoms with Crippen LogP contribution in [0, 0.1) is 29.6 Å². The standard InChI is InChI=1S/C47H73NO11/c1-29-14-10-9-11-15-31(3)42(56-7)27-36-20-18-34(6)47(55,59-36)44(52)45(53)48-23-13-12-16-37(48)46(54)58-41(22-17-30(2)39(50)28-40(51)32(4)24-29)33(5)25-35-19-21-38(49)43(26-35)57-8/h9-11,14-15,17,29,32-39,41-43,49-50,55H,12-13,16,18-28H2,1-8H3/b11-9+,14-10+,30-17+,31-15+/t29-,32-,33-,34-,35+,36+,37+,38-,39+,41?,42-,43-,47-/m1/s1. The van der Waals surface area contributed by atoms with E-state index >= 15 is 0 Å². The predicted octanol–water partition coefficient (Wildman–Crippen LogP) is 6.35. The number of hydrogen-bond donors (Lipinski definition) is 3. The van der Waals surface area contributed by atoms with E-state index in [4.69, 9.17) is 18.9 Å². The van der Waals surface area contributed by atoms with Crippen LogP contribution >= 0.6 is 0 Å². The van der Waals surface area contributed by atoms with E-state index in [0.717, 1.165) is 12.0 Å². The van der Waals surface area contributed by atoms with Crippen molar-refractivity contribution in [1.82, 2.24) is 4.90 Å². The van der Waals surface area contributed by atoms with Gasteiger partial charge in [-0.3, -0.25) is 14.4 Å². The highest BCUT2D eigenvalue weighted by Gasteiger charge is 2.53. The molecule has 2 saturated heterocycles. The van der Waals surface area contributed by atoms with Gasteiger partial charge in [-0.05, 0) is 107 Å². The monoisotopic (exact) mass is 828 g/mol. The van der Waals surface area contributed by atoms with Crippen molar-refractivity contribution in [3.8, 4) is 0 Å². The van der Waals surface area contributed by atoms with Gasteiger partial charge in [0.1, 0.15) is 17.9 Å². The number of Topliss-reactive ketones (excluding diaryl/α,β-unsaturated/α-hetero) is 2. The molecule has 0 aromatic rings. The van der Waals surface area contributed by atoms with E-state index in [2.05, 4.69) is 6.92 Å². The molecule has 2 bridgehead atoms. The quantitative estimate of drug-likeness (QED) is 0.161. The third-order valence-corrected chi connectivity index (χ3v) is 13.4. The summed E-state index contributed by atoms with van der Waals surface area (Å²) in [6.07, 6.45) is 14.7. The third kappa shape index (κ3) is 13.2. The Hall–Kier alpha value is -3.00. The first-order valence-corrected chi connectivity index (χ1v) is 22.1. The first-order valence-electron chi connectivity index (χ1n) is 22.1. The lowest BCUT2D eigenvalue weighted by atomic mass is 9.79. The number of amides is 1. The molecule has 59 heavy (non-hydrogen) atoms. The molecule has 4 aliphatic rings. The first-order chi connectivity index (χ1) is 28.0. The highest BCUT2D eigenvalue weighted by Crippen LogP contribution is 2.37. The van der Waals surface area contributed by atoms with Crippen LogP contribution < -0.4 is 0 Å². The number of allylic oxidation sites excluding steroid dienone is 5. The number of nitrogens with zero attached hydrogens (tertiary/aromatic N) is 1. The van der Waals surface area contributed by atoms with Gasteiger partial charge in [0.05, 0.1) is 30.5 Å². The van der Waals surface area contributed by atoms with Gasteiger partial charge >= 0.3 is 5.97 Å². The molecular weight excluding hydrogens is 755 g/mol. The maximum Gasteiger partial charge on any atom is 0.329 e. The van der Waals surface area contributed by atoms with Crippen LogP contribution in [-0.2, 0) is 38.1 Å². The number of cyclic esters (lactones) is 1. The molecule has 13 atom stereocenters. The Kier molecular flexibility index (Phi) is 18.7. The van der Waals surface area contributed by atoms with Gasteiger partial charge in [0.15, 0.2) is 0 Å². The second-order valence-corrected chi connectivity index (χ2v) is 18.1. The molecule has 3 heterocycles. The average Bonchev–Trinajstić information content (AvgIpc) is 3.21. The van der Waals surface area contributed by atoms with Crippen molar-refractivity contribution in [1.29, 1.82) is 0 Å². The summed E-state index contributed by atoms with van der Waals surface area (Å²) in [6, 6.07) is -1.04. The maximum atomic E-state index is 14.2. The Labute approximate surface area is 352 Å². The molecule has 1 aliphatic carbocycles. The minimum absolute atomic E-state index is 0.0316. The zero-order valence-electron chi connectivity index (χ0n) is 36.8. The van der Waals surface area contributed by atoms with Crippen LogP contribution in [0.3, 0.4) is 0 Å².